The molecule has 116 valence electrons. The third kappa shape index (κ3) is 4.58. The topological polar surface area (TPSA) is 4.93 Å². The average Bonchev–Trinajstić information content (AvgIpc) is 2.74. The van der Waals surface area contributed by atoms with Gasteiger partial charge in [0.05, 0.1) is 0 Å². The Bertz CT molecular complexity index is 476. The first-order valence-electron chi connectivity index (χ1n) is 8.58. The molecule has 1 saturated heterocycles. The van der Waals surface area contributed by atoms with E-state index in [1.54, 1.807) is 0 Å². The van der Waals surface area contributed by atoms with Crippen molar-refractivity contribution in [1.82, 2.24) is 4.48 Å². The van der Waals surface area contributed by atoms with Crippen LogP contribution in [0.25, 0.3) is 0 Å². The first-order valence-corrected chi connectivity index (χ1v) is 28.6. The fourth-order valence-electron chi connectivity index (χ4n) is 4.44. The van der Waals surface area contributed by atoms with E-state index in [1.807, 2.05) is 5.47 Å². The van der Waals surface area contributed by atoms with Crippen molar-refractivity contribution in [3.8, 4) is 0 Å². The molecule has 0 aliphatic carbocycles. The van der Waals surface area contributed by atoms with Crippen molar-refractivity contribution < 1.29 is 0 Å². The fourth-order valence-corrected chi connectivity index (χ4v) is 61.1. The second-order valence-corrected chi connectivity index (χ2v) is 41.3. The van der Waals surface area contributed by atoms with E-state index in [-0.39, 0.29) is 0 Å². The molecule has 1 aromatic heterocycles. The first-order chi connectivity index (χ1) is 9.71. The molecule has 1 nitrogen and oxygen atoms in total. The third-order valence-corrected chi connectivity index (χ3v) is 43.7. The van der Waals surface area contributed by atoms with Gasteiger partial charge >= 0.3 is 141 Å². The molecule has 21 heavy (non-hydrogen) atoms. The van der Waals surface area contributed by atoms with E-state index in [1.165, 1.54) is 32.0 Å². The van der Waals surface area contributed by atoms with Gasteiger partial charge in [-0.15, -0.1) is 0 Å². The molecule has 4 heteroatoms. The molecule has 0 atom stereocenters. The minimum atomic E-state index is -2.02. The number of hydrogen-bond donors (Lipinski definition) is 0. The molecule has 0 unspecified atom stereocenters. The second kappa shape index (κ2) is 7.06. The summed E-state index contributed by atoms with van der Waals surface area (Å²) in [7, 11) is 0. The Morgan fingerprint density at radius 3 is 2.00 bits per heavy atom. The van der Waals surface area contributed by atoms with Crippen molar-refractivity contribution in [1.29, 1.82) is 0 Å². The van der Waals surface area contributed by atoms with Crippen LogP contribution >= 0.6 is 0 Å². The van der Waals surface area contributed by atoms with Crippen LogP contribution in [0.5, 0.6) is 0 Å². The molecule has 2 rings (SSSR count). The molecule has 2 heterocycles. The molecular formula is C17H32BNSn2. The van der Waals surface area contributed by atoms with Gasteiger partial charge in [-0.2, -0.15) is 0 Å². The van der Waals surface area contributed by atoms with Crippen molar-refractivity contribution in [3.63, 3.8) is 0 Å². The number of hydrogen-bond acceptors (Lipinski definition) is 0. The molecule has 0 N–H and O–H groups in total. The summed E-state index contributed by atoms with van der Waals surface area (Å²) in [5, 5.41) is 0. The van der Waals surface area contributed by atoms with Crippen LogP contribution in [0, 0.1) is 0 Å². The molecule has 0 saturated carbocycles. The number of aromatic nitrogens is 1. The fraction of sp³-hybridized carbons (Fsp3) is 0.647. The summed E-state index contributed by atoms with van der Waals surface area (Å²) in [6, 6.07) is 4.39. The summed E-state index contributed by atoms with van der Waals surface area (Å²) in [6.45, 7) is 0.671. The molecule has 0 bridgehead atoms. The van der Waals surface area contributed by atoms with Crippen LogP contribution in [0.1, 0.15) is 25.7 Å². The summed E-state index contributed by atoms with van der Waals surface area (Å²) < 4.78 is 4.61. The van der Waals surface area contributed by atoms with Crippen molar-refractivity contribution in [2.45, 2.75) is 61.6 Å². The Balaban J connectivity index is 2.58. The minimum absolute atomic E-state index is 0.671. The predicted octanol–water partition coefficient (Wildman–Crippen LogP) is 5.49. The van der Waals surface area contributed by atoms with E-state index >= 15 is 0 Å². The number of nitrogens with zero attached hydrogens (tertiary/aromatic N) is 1. The molecule has 0 amide bonds. The van der Waals surface area contributed by atoms with E-state index in [2.05, 4.69) is 60.2 Å². The zero-order chi connectivity index (χ0) is 15.7. The molecule has 0 spiro atoms. The summed E-state index contributed by atoms with van der Waals surface area (Å²) >= 11 is -4.05. The van der Waals surface area contributed by atoms with Gasteiger partial charge in [0.25, 0.3) is 0 Å². The van der Waals surface area contributed by atoms with Crippen LogP contribution in [0.3, 0.4) is 0 Å². The van der Waals surface area contributed by atoms with Crippen molar-refractivity contribution in [2.75, 3.05) is 0 Å². The first kappa shape index (κ1) is 18.0. The third-order valence-electron chi connectivity index (χ3n) is 4.63. The van der Waals surface area contributed by atoms with Crippen LogP contribution in [0.4, 0.5) is 0 Å². The van der Waals surface area contributed by atoms with Gasteiger partial charge in [0.15, 0.2) is 0 Å². The molecule has 1 aliphatic rings. The summed E-state index contributed by atoms with van der Waals surface area (Å²) in [4.78, 5) is 15.9. The average molecular weight is 499 g/mol. The molecule has 1 aromatic rings. The van der Waals surface area contributed by atoms with Gasteiger partial charge < -0.3 is 0 Å². The standard InChI is InChI=1S/C11H14BN.6CH3.2Sn/c1-11-7-3-2-4-8-12(11)13-9-5-6-10-13;;;;;;;;/h5-6,9-10H,2-4,7-8H2;6*1H3;;. The monoisotopic (exact) mass is 501 g/mol. The normalized spacial score (nSPS) is 17.8. The van der Waals surface area contributed by atoms with Gasteiger partial charge in [-0.05, 0) is 0 Å². The second-order valence-electron chi connectivity index (χ2n) is 8.65. The van der Waals surface area contributed by atoms with Crippen molar-refractivity contribution >= 4 is 43.6 Å². The Morgan fingerprint density at radius 1 is 0.905 bits per heavy atom. The Hall–Kier alpha value is 0.682. The summed E-state index contributed by atoms with van der Waals surface area (Å²) in [6.07, 6.45) is 11.6. The summed E-state index contributed by atoms with van der Waals surface area (Å²) in [5.74, 6) is 0. The van der Waals surface area contributed by atoms with E-state index in [0.29, 0.717) is 6.85 Å². The molecule has 0 aromatic carbocycles. The Kier molecular flexibility index (Phi) is 6.06. The van der Waals surface area contributed by atoms with E-state index in [4.69, 9.17) is 0 Å². The van der Waals surface area contributed by atoms with Gasteiger partial charge in [0.1, 0.15) is 0 Å². The number of allylic oxidation sites excluding steroid dienone is 1. The number of rotatable bonds is 3. The van der Waals surface area contributed by atoms with E-state index in [9.17, 15) is 0 Å². The Labute approximate surface area is 140 Å². The van der Waals surface area contributed by atoms with Crippen LogP contribution < -0.4 is 0 Å². The van der Waals surface area contributed by atoms with Gasteiger partial charge in [-0.1, -0.05) is 0 Å². The van der Waals surface area contributed by atoms with Crippen LogP contribution in [0.2, 0.25) is 36.0 Å². The van der Waals surface area contributed by atoms with Gasteiger partial charge in [-0.3, -0.25) is 0 Å². The maximum absolute atomic E-state index is 2.65. The molecule has 0 radical (unpaired) electrons. The van der Waals surface area contributed by atoms with E-state index < -0.39 is 36.8 Å². The zero-order valence-corrected chi connectivity index (χ0v) is 20.6. The summed E-state index contributed by atoms with van der Waals surface area (Å²) in [5.41, 5.74) is 1.90. The van der Waals surface area contributed by atoms with Gasteiger partial charge in [-0.25, -0.2) is 0 Å². The molecule has 1 aliphatic heterocycles. The molecular weight excluding hydrogens is 466 g/mol. The van der Waals surface area contributed by atoms with Crippen LogP contribution in [-0.2, 0) is 0 Å². The predicted molar refractivity (Wildman–Crippen MR) is 103 cm³/mol. The van der Waals surface area contributed by atoms with Crippen LogP contribution in [-0.4, -0.2) is 48.1 Å². The Morgan fingerprint density at radius 2 is 1.48 bits per heavy atom. The van der Waals surface area contributed by atoms with Gasteiger partial charge in [0, 0.05) is 0 Å². The van der Waals surface area contributed by atoms with Crippen molar-refractivity contribution in [3.05, 3.63) is 31.6 Å². The zero-order valence-electron chi connectivity index (χ0n) is 14.9. The quantitative estimate of drug-likeness (QED) is 0.486. The SMILES string of the molecule is [CH3][Sn]([CH3])([CH3])[C](=C1CCCCCB1n1cccc1)[Sn]([CH3])([CH3])[CH3]. The van der Waals surface area contributed by atoms with Gasteiger partial charge in [0.2, 0.25) is 0 Å². The maximum atomic E-state index is 2.65. The van der Waals surface area contributed by atoms with Crippen LogP contribution in [0.15, 0.2) is 31.6 Å². The molecule has 1 fully saturated rings. The van der Waals surface area contributed by atoms with E-state index in [0.717, 1.165) is 0 Å². The van der Waals surface area contributed by atoms with Crippen molar-refractivity contribution in [2.24, 2.45) is 0 Å².